The molecular weight excluding hydrogens is 395 g/mol. The predicted octanol–water partition coefficient (Wildman–Crippen LogP) is 6.24. The largest absolute Gasteiger partial charge is 0.306 e. The number of halogens is 2. The van der Waals surface area contributed by atoms with Crippen molar-refractivity contribution in [3.05, 3.63) is 94.8 Å². The van der Waals surface area contributed by atoms with Crippen molar-refractivity contribution >= 4 is 11.6 Å². The highest BCUT2D eigenvalue weighted by Gasteiger charge is 2.24. The van der Waals surface area contributed by atoms with E-state index in [1.807, 2.05) is 24.3 Å². The minimum absolute atomic E-state index is 0.204. The van der Waals surface area contributed by atoms with Crippen molar-refractivity contribution in [2.24, 2.45) is 0 Å². The molecule has 0 radical (unpaired) electrons. The molecule has 0 bridgehead atoms. The summed E-state index contributed by atoms with van der Waals surface area (Å²) in [6.07, 6.45) is 2.31. The summed E-state index contributed by atoms with van der Waals surface area (Å²) in [5, 5.41) is 0.823. The van der Waals surface area contributed by atoms with Crippen molar-refractivity contribution < 1.29 is 4.39 Å². The summed E-state index contributed by atoms with van der Waals surface area (Å²) in [4.78, 5) is 4.95. The molecule has 0 atom stereocenters. The molecule has 1 heterocycles. The standard InChI is InChI=1S/C26H28ClFN2/c1-29-14-12-25(13-15-29)30(19-23-7-2-3-11-26(23)27)18-20-6-4-8-21(16-20)22-9-5-10-24(28)17-22/h2-11,16-17,25H,12-15,18-19H2,1H3. The minimum Gasteiger partial charge on any atom is -0.306 e. The second-order valence-corrected chi connectivity index (χ2v) is 8.65. The smallest absolute Gasteiger partial charge is 0.123 e. The lowest BCUT2D eigenvalue weighted by molar-refractivity contribution is 0.108. The lowest BCUT2D eigenvalue weighted by Gasteiger charge is -2.37. The van der Waals surface area contributed by atoms with E-state index >= 15 is 0 Å². The van der Waals surface area contributed by atoms with Gasteiger partial charge < -0.3 is 4.90 Å². The Morgan fingerprint density at radius 3 is 2.33 bits per heavy atom. The molecule has 4 heteroatoms. The van der Waals surface area contributed by atoms with E-state index in [0.29, 0.717) is 6.04 Å². The van der Waals surface area contributed by atoms with Crippen LogP contribution < -0.4 is 0 Å². The average molecular weight is 423 g/mol. The molecule has 0 aliphatic carbocycles. The average Bonchev–Trinajstić information content (AvgIpc) is 2.76. The number of piperidine rings is 1. The third-order valence-electron chi connectivity index (χ3n) is 6.01. The molecule has 156 valence electrons. The Morgan fingerprint density at radius 2 is 1.60 bits per heavy atom. The molecule has 3 aromatic carbocycles. The summed E-state index contributed by atoms with van der Waals surface area (Å²) >= 11 is 6.48. The van der Waals surface area contributed by atoms with Crippen LogP contribution in [-0.2, 0) is 13.1 Å². The van der Waals surface area contributed by atoms with E-state index in [1.54, 1.807) is 12.1 Å². The maximum absolute atomic E-state index is 13.7. The monoisotopic (exact) mass is 422 g/mol. The normalized spacial score (nSPS) is 15.6. The maximum Gasteiger partial charge on any atom is 0.123 e. The van der Waals surface area contributed by atoms with Crippen molar-refractivity contribution in [3.63, 3.8) is 0 Å². The zero-order chi connectivity index (χ0) is 20.9. The molecule has 0 saturated carbocycles. The Hall–Kier alpha value is -2.20. The van der Waals surface area contributed by atoms with E-state index in [0.717, 1.165) is 55.2 Å². The van der Waals surface area contributed by atoms with Crippen LogP contribution in [0.25, 0.3) is 11.1 Å². The molecule has 1 aliphatic heterocycles. The summed E-state index contributed by atoms with van der Waals surface area (Å²) in [5.74, 6) is -0.204. The molecule has 0 aromatic heterocycles. The SMILES string of the molecule is CN1CCC(N(Cc2cccc(-c3cccc(F)c3)c2)Cc2ccccc2Cl)CC1. The van der Waals surface area contributed by atoms with Gasteiger partial charge in [-0.15, -0.1) is 0 Å². The van der Waals surface area contributed by atoms with Gasteiger partial charge in [-0.2, -0.15) is 0 Å². The lowest BCUT2D eigenvalue weighted by atomic mass is 9.99. The molecule has 0 amide bonds. The maximum atomic E-state index is 13.7. The van der Waals surface area contributed by atoms with Crippen molar-refractivity contribution in [2.75, 3.05) is 20.1 Å². The minimum atomic E-state index is -0.204. The second kappa shape index (κ2) is 9.74. The van der Waals surface area contributed by atoms with E-state index in [1.165, 1.54) is 17.2 Å². The van der Waals surface area contributed by atoms with Gasteiger partial charge in [0, 0.05) is 24.2 Å². The van der Waals surface area contributed by atoms with Gasteiger partial charge in [-0.1, -0.05) is 60.1 Å². The van der Waals surface area contributed by atoms with Crippen LogP contribution in [-0.4, -0.2) is 36.0 Å². The van der Waals surface area contributed by atoms with E-state index in [2.05, 4.69) is 47.2 Å². The van der Waals surface area contributed by atoms with Gasteiger partial charge >= 0.3 is 0 Å². The number of rotatable bonds is 6. The molecule has 4 rings (SSSR count). The first kappa shape index (κ1) is 21.0. The highest BCUT2D eigenvalue weighted by molar-refractivity contribution is 6.31. The number of hydrogen-bond acceptors (Lipinski definition) is 2. The quantitative estimate of drug-likeness (QED) is 0.463. The number of likely N-dealkylation sites (tertiary alicyclic amines) is 1. The fourth-order valence-corrected chi connectivity index (χ4v) is 4.47. The summed E-state index contributed by atoms with van der Waals surface area (Å²) < 4.78 is 13.7. The third-order valence-corrected chi connectivity index (χ3v) is 6.38. The molecule has 30 heavy (non-hydrogen) atoms. The van der Waals surface area contributed by atoms with Gasteiger partial charge in [0.25, 0.3) is 0 Å². The Morgan fingerprint density at radius 1 is 0.900 bits per heavy atom. The van der Waals surface area contributed by atoms with Crippen LogP contribution in [0.3, 0.4) is 0 Å². The van der Waals surface area contributed by atoms with Gasteiger partial charge in [0.2, 0.25) is 0 Å². The lowest BCUT2D eigenvalue weighted by Crippen LogP contribution is -2.43. The second-order valence-electron chi connectivity index (χ2n) is 8.24. The van der Waals surface area contributed by atoms with Gasteiger partial charge in [0.15, 0.2) is 0 Å². The van der Waals surface area contributed by atoms with E-state index in [4.69, 9.17) is 11.6 Å². The number of nitrogens with zero attached hydrogens (tertiary/aromatic N) is 2. The summed E-state index contributed by atoms with van der Waals surface area (Å²) in [7, 11) is 2.19. The Labute approximate surface area is 183 Å². The molecule has 2 nitrogen and oxygen atoms in total. The third kappa shape index (κ3) is 5.28. The van der Waals surface area contributed by atoms with Gasteiger partial charge in [0.1, 0.15) is 5.82 Å². The van der Waals surface area contributed by atoms with Gasteiger partial charge in [-0.25, -0.2) is 4.39 Å². The number of hydrogen-bond donors (Lipinski definition) is 0. The van der Waals surface area contributed by atoms with Gasteiger partial charge in [0.05, 0.1) is 0 Å². The molecular formula is C26H28ClFN2. The fraction of sp³-hybridized carbons (Fsp3) is 0.308. The van der Waals surface area contributed by atoms with Gasteiger partial charge in [-0.3, -0.25) is 4.90 Å². The molecule has 0 N–H and O–H groups in total. The van der Waals surface area contributed by atoms with Crippen molar-refractivity contribution in [3.8, 4) is 11.1 Å². The van der Waals surface area contributed by atoms with Crippen LogP contribution in [0.1, 0.15) is 24.0 Å². The molecule has 0 spiro atoms. The van der Waals surface area contributed by atoms with Crippen molar-refractivity contribution in [1.29, 1.82) is 0 Å². The zero-order valence-corrected chi connectivity index (χ0v) is 18.2. The van der Waals surface area contributed by atoms with E-state index in [9.17, 15) is 4.39 Å². The van der Waals surface area contributed by atoms with Crippen LogP contribution >= 0.6 is 11.6 Å². The molecule has 0 unspecified atom stereocenters. The highest BCUT2D eigenvalue weighted by Crippen LogP contribution is 2.26. The van der Waals surface area contributed by atoms with Crippen LogP contribution in [0.4, 0.5) is 4.39 Å². The summed E-state index contributed by atoms with van der Waals surface area (Å²) in [6, 6.07) is 23.9. The van der Waals surface area contributed by atoms with Gasteiger partial charge in [-0.05, 0) is 79.5 Å². The van der Waals surface area contributed by atoms with Crippen molar-refractivity contribution in [2.45, 2.75) is 32.0 Å². The fourth-order valence-electron chi connectivity index (χ4n) is 4.27. The van der Waals surface area contributed by atoms with Crippen LogP contribution in [0.15, 0.2) is 72.8 Å². The highest BCUT2D eigenvalue weighted by atomic mass is 35.5. The first-order valence-electron chi connectivity index (χ1n) is 10.6. The first-order chi connectivity index (χ1) is 14.6. The summed E-state index contributed by atoms with van der Waals surface area (Å²) in [6.45, 7) is 3.92. The topological polar surface area (TPSA) is 6.48 Å². The van der Waals surface area contributed by atoms with Crippen LogP contribution in [0.2, 0.25) is 5.02 Å². The first-order valence-corrected chi connectivity index (χ1v) is 11.0. The molecule has 1 saturated heterocycles. The Bertz CT molecular complexity index is 982. The van der Waals surface area contributed by atoms with Crippen molar-refractivity contribution in [1.82, 2.24) is 9.80 Å². The van der Waals surface area contributed by atoms with Crippen LogP contribution in [0.5, 0.6) is 0 Å². The molecule has 1 aliphatic rings. The van der Waals surface area contributed by atoms with E-state index in [-0.39, 0.29) is 5.82 Å². The molecule has 1 fully saturated rings. The van der Waals surface area contributed by atoms with Crippen LogP contribution in [0, 0.1) is 5.82 Å². The molecule has 3 aromatic rings. The van der Waals surface area contributed by atoms with E-state index < -0.39 is 0 Å². The predicted molar refractivity (Wildman–Crippen MR) is 123 cm³/mol. The number of benzene rings is 3. The Kier molecular flexibility index (Phi) is 6.83. The Balaban J connectivity index is 1.58. The summed E-state index contributed by atoms with van der Waals surface area (Å²) in [5.41, 5.74) is 4.36. The zero-order valence-electron chi connectivity index (χ0n) is 17.4.